The molecule has 0 aromatic carbocycles. The van der Waals surface area contributed by atoms with Crippen LogP contribution in [0.4, 0.5) is 5.69 Å². The van der Waals surface area contributed by atoms with Crippen LogP contribution in [0.15, 0.2) is 20.3 Å². The second-order valence-electron chi connectivity index (χ2n) is 5.25. The van der Waals surface area contributed by atoms with Gasteiger partial charge in [0, 0.05) is 25.9 Å². The van der Waals surface area contributed by atoms with Crippen molar-refractivity contribution in [2.24, 2.45) is 14.1 Å². The van der Waals surface area contributed by atoms with Gasteiger partial charge in [0.2, 0.25) is 5.91 Å². The summed E-state index contributed by atoms with van der Waals surface area (Å²) in [7, 11) is 2.87. The average molecular weight is 306 g/mol. The molecule has 0 fully saturated rings. The molecule has 8 nitrogen and oxygen atoms in total. The summed E-state index contributed by atoms with van der Waals surface area (Å²) in [6.45, 7) is 5.18. The lowest BCUT2D eigenvalue weighted by Crippen LogP contribution is -2.38. The number of rotatable bonds is 3. The molecule has 0 bridgehead atoms. The third-order valence-corrected chi connectivity index (χ3v) is 3.62. The number of aromatic nitrogens is 3. The third kappa shape index (κ3) is 2.59. The van der Waals surface area contributed by atoms with Crippen LogP contribution < -0.4 is 16.6 Å². The number of hydrogen-bond acceptors (Lipinski definition) is 5. The molecule has 118 valence electrons. The van der Waals surface area contributed by atoms with Crippen LogP contribution >= 0.6 is 0 Å². The van der Waals surface area contributed by atoms with Gasteiger partial charge in [0.15, 0.2) is 0 Å². The van der Waals surface area contributed by atoms with Gasteiger partial charge in [-0.2, -0.15) is 0 Å². The Morgan fingerprint density at radius 2 is 1.95 bits per heavy atom. The summed E-state index contributed by atoms with van der Waals surface area (Å²) in [4.78, 5) is 36.0. The minimum absolute atomic E-state index is 0.0493. The van der Waals surface area contributed by atoms with Gasteiger partial charge in [-0.05, 0) is 20.8 Å². The summed E-state index contributed by atoms with van der Waals surface area (Å²) in [5.74, 6) is -0.341. The van der Waals surface area contributed by atoms with E-state index in [-0.39, 0.29) is 11.6 Å². The molecule has 1 atom stereocenters. The van der Waals surface area contributed by atoms with E-state index in [0.717, 1.165) is 4.57 Å². The van der Waals surface area contributed by atoms with Gasteiger partial charge in [0.1, 0.15) is 11.4 Å². The summed E-state index contributed by atoms with van der Waals surface area (Å²) >= 11 is 0. The standard InChI is InChI=1S/C14H18N4O4/c1-7(11-8(2)16-22-9(11)3)12(19)15-10-6-17(4)14(21)18(5)13(10)20/h6-7H,1-5H3,(H,15,19)/t7-/m0/s1. The predicted octanol–water partition coefficient (Wildman–Crippen LogP) is 0.431. The topological polar surface area (TPSA) is 99.1 Å². The lowest BCUT2D eigenvalue weighted by atomic mass is 9.99. The first-order valence-corrected chi connectivity index (χ1v) is 6.74. The Morgan fingerprint density at radius 3 is 2.50 bits per heavy atom. The van der Waals surface area contributed by atoms with Crippen molar-refractivity contribution in [2.75, 3.05) is 5.32 Å². The Hall–Kier alpha value is -2.64. The van der Waals surface area contributed by atoms with E-state index in [1.54, 1.807) is 20.8 Å². The van der Waals surface area contributed by atoms with Crippen LogP contribution in [-0.4, -0.2) is 20.2 Å². The largest absolute Gasteiger partial charge is 0.361 e. The number of carbonyl (C=O) groups is 1. The normalized spacial score (nSPS) is 12.2. The third-order valence-electron chi connectivity index (χ3n) is 3.62. The highest BCUT2D eigenvalue weighted by atomic mass is 16.5. The van der Waals surface area contributed by atoms with Gasteiger partial charge < -0.3 is 14.4 Å². The molecule has 0 aliphatic heterocycles. The lowest BCUT2D eigenvalue weighted by Gasteiger charge is -2.13. The van der Waals surface area contributed by atoms with Gasteiger partial charge in [0.05, 0.1) is 11.6 Å². The molecular formula is C14H18N4O4. The zero-order valence-corrected chi connectivity index (χ0v) is 13.1. The summed E-state index contributed by atoms with van der Waals surface area (Å²) < 4.78 is 7.23. The number of carbonyl (C=O) groups excluding carboxylic acids is 1. The minimum Gasteiger partial charge on any atom is -0.361 e. The van der Waals surface area contributed by atoms with Crippen LogP contribution in [0.1, 0.15) is 29.9 Å². The molecule has 2 aromatic heterocycles. The number of anilines is 1. The van der Waals surface area contributed by atoms with E-state index >= 15 is 0 Å². The molecule has 1 N–H and O–H groups in total. The Labute approximate surface area is 126 Å². The second kappa shape index (κ2) is 5.63. The van der Waals surface area contributed by atoms with E-state index in [9.17, 15) is 14.4 Å². The monoisotopic (exact) mass is 306 g/mol. The van der Waals surface area contributed by atoms with Crippen molar-refractivity contribution in [1.82, 2.24) is 14.3 Å². The van der Waals surface area contributed by atoms with Crippen molar-refractivity contribution in [3.05, 3.63) is 44.1 Å². The molecule has 0 aliphatic rings. The lowest BCUT2D eigenvalue weighted by molar-refractivity contribution is -0.117. The van der Waals surface area contributed by atoms with Crippen molar-refractivity contribution >= 4 is 11.6 Å². The van der Waals surface area contributed by atoms with Crippen LogP contribution in [0.25, 0.3) is 0 Å². The average Bonchev–Trinajstić information content (AvgIpc) is 2.80. The van der Waals surface area contributed by atoms with Crippen LogP contribution in [-0.2, 0) is 18.9 Å². The second-order valence-corrected chi connectivity index (χ2v) is 5.25. The SMILES string of the molecule is Cc1noc(C)c1[C@H](C)C(=O)Nc1cn(C)c(=O)n(C)c1=O. The first-order valence-electron chi connectivity index (χ1n) is 6.74. The van der Waals surface area contributed by atoms with Gasteiger partial charge in [0.25, 0.3) is 5.56 Å². The Balaban J connectivity index is 2.34. The molecule has 0 saturated carbocycles. The molecule has 2 rings (SSSR count). The quantitative estimate of drug-likeness (QED) is 0.886. The van der Waals surface area contributed by atoms with Crippen molar-refractivity contribution < 1.29 is 9.32 Å². The Bertz CT molecular complexity index is 824. The van der Waals surface area contributed by atoms with Crippen molar-refractivity contribution in [3.63, 3.8) is 0 Å². The molecule has 0 radical (unpaired) electrons. The fourth-order valence-electron chi connectivity index (χ4n) is 2.37. The molecular weight excluding hydrogens is 288 g/mol. The van der Waals surface area contributed by atoms with Gasteiger partial charge in [-0.3, -0.25) is 14.2 Å². The molecule has 0 aliphatic carbocycles. The summed E-state index contributed by atoms with van der Waals surface area (Å²) in [6.07, 6.45) is 1.31. The zero-order chi connectivity index (χ0) is 16.6. The molecule has 2 aromatic rings. The molecule has 0 unspecified atom stereocenters. The molecule has 0 saturated heterocycles. The molecule has 2 heterocycles. The van der Waals surface area contributed by atoms with Gasteiger partial charge >= 0.3 is 5.69 Å². The van der Waals surface area contributed by atoms with E-state index in [2.05, 4.69) is 10.5 Å². The van der Waals surface area contributed by atoms with Gasteiger partial charge in [-0.25, -0.2) is 4.79 Å². The molecule has 22 heavy (non-hydrogen) atoms. The van der Waals surface area contributed by atoms with Gasteiger partial charge in [-0.1, -0.05) is 5.16 Å². The number of nitrogens with zero attached hydrogens (tertiary/aromatic N) is 3. The Kier molecular flexibility index (Phi) is 4.03. The van der Waals surface area contributed by atoms with E-state index in [1.165, 1.54) is 24.9 Å². The van der Waals surface area contributed by atoms with Crippen molar-refractivity contribution in [1.29, 1.82) is 0 Å². The highest BCUT2D eigenvalue weighted by Crippen LogP contribution is 2.23. The van der Waals surface area contributed by atoms with Crippen LogP contribution in [0, 0.1) is 13.8 Å². The molecule has 8 heteroatoms. The van der Waals surface area contributed by atoms with E-state index < -0.39 is 17.2 Å². The molecule has 0 spiro atoms. The number of aryl methyl sites for hydroxylation is 3. The van der Waals surface area contributed by atoms with E-state index in [4.69, 9.17) is 4.52 Å². The van der Waals surface area contributed by atoms with Crippen LogP contribution in [0.5, 0.6) is 0 Å². The van der Waals surface area contributed by atoms with Crippen LogP contribution in [0.3, 0.4) is 0 Å². The van der Waals surface area contributed by atoms with Crippen LogP contribution in [0.2, 0.25) is 0 Å². The van der Waals surface area contributed by atoms with Gasteiger partial charge in [-0.15, -0.1) is 0 Å². The maximum absolute atomic E-state index is 12.4. The smallest absolute Gasteiger partial charge is 0.330 e. The summed E-state index contributed by atoms with van der Waals surface area (Å²) in [5.41, 5.74) is 0.366. The number of amides is 1. The van der Waals surface area contributed by atoms with E-state index in [0.29, 0.717) is 17.0 Å². The minimum atomic E-state index is -0.553. The highest BCUT2D eigenvalue weighted by molar-refractivity contribution is 5.95. The highest BCUT2D eigenvalue weighted by Gasteiger charge is 2.24. The van der Waals surface area contributed by atoms with Crippen molar-refractivity contribution in [3.8, 4) is 0 Å². The summed E-state index contributed by atoms with van der Waals surface area (Å²) in [6, 6.07) is 0. The first kappa shape index (κ1) is 15.7. The predicted molar refractivity (Wildman–Crippen MR) is 79.9 cm³/mol. The fraction of sp³-hybridized carbons (Fsp3) is 0.429. The maximum Gasteiger partial charge on any atom is 0.330 e. The number of hydrogen-bond donors (Lipinski definition) is 1. The Morgan fingerprint density at radius 1 is 1.32 bits per heavy atom. The first-order chi connectivity index (χ1) is 10.2. The van der Waals surface area contributed by atoms with E-state index in [1.807, 2.05) is 0 Å². The molecule has 1 amide bonds. The fourth-order valence-corrected chi connectivity index (χ4v) is 2.37. The zero-order valence-electron chi connectivity index (χ0n) is 13.1. The number of nitrogens with one attached hydrogen (secondary N) is 1. The maximum atomic E-state index is 12.4. The van der Waals surface area contributed by atoms with Crippen molar-refractivity contribution in [2.45, 2.75) is 26.7 Å². The summed E-state index contributed by atoms with van der Waals surface area (Å²) in [5, 5.41) is 6.38.